The minimum absolute atomic E-state index is 1.21. The number of rotatable bonds is 14. The summed E-state index contributed by atoms with van der Waals surface area (Å²) in [6.07, 6.45) is 18.8. The molecule has 2 aromatic rings. The summed E-state index contributed by atoms with van der Waals surface area (Å²) < 4.78 is 0. The average molecular weight is 424 g/mol. The molecule has 0 bridgehead atoms. The van der Waals surface area contributed by atoms with Gasteiger partial charge in [0.1, 0.15) is 0 Å². The Morgan fingerprint density at radius 3 is 1.47 bits per heavy atom. The molecule has 0 fully saturated rings. The van der Waals surface area contributed by atoms with Crippen molar-refractivity contribution in [3.8, 4) is 0 Å². The SMILES string of the molecule is CCCCCCCCc1ccc2c(c1)Sc1cc(CCCCCCCC)ccc1N2. The van der Waals surface area contributed by atoms with Gasteiger partial charge < -0.3 is 5.32 Å². The second-order valence-electron chi connectivity index (χ2n) is 8.92. The maximum atomic E-state index is 3.65. The number of unbranched alkanes of at least 4 members (excludes halogenated alkanes) is 10. The highest BCUT2D eigenvalue weighted by Gasteiger charge is 2.16. The van der Waals surface area contributed by atoms with Crippen molar-refractivity contribution in [3.05, 3.63) is 47.5 Å². The number of anilines is 2. The summed E-state index contributed by atoms with van der Waals surface area (Å²) in [6, 6.07) is 14.0. The van der Waals surface area contributed by atoms with E-state index >= 15 is 0 Å². The first-order valence-electron chi connectivity index (χ1n) is 12.5. The van der Waals surface area contributed by atoms with Crippen LogP contribution in [0.2, 0.25) is 0 Å². The maximum absolute atomic E-state index is 3.65. The lowest BCUT2D eigenvalue weighted by molar-refractivity contribution is 0.607. The van der Waals surface area contributed by atoms with Crippen LogP contribution in [0.4, 0.5) is 11.4 Å². The van der Waals surface area contributed by atoms with Gasteiger partial charge in [-0.25, -0.2) is 0 Å². The molecule has 1 N–H and O–H groups in total. The number of hydrogen-bond acceptors (Lipinski definition) is 2. The lowest BCUT2D eigenvalue weighted by Gasteiger charge is -2.22. The molecule has 1 aliphatic heterocycles. The molecule has 0 atom stereocenters. The molecule has 30 heavy (non-hydrogen) atoms. The van der Waals surface area contributed by atoms with Gasteiger partial charge in [0.25, 0.3) is 0 Å². The van der Waals surface area contributed by atoms with Crippen LogP contribution in [0.15, 0.2) is 46.2 Å². The molecule has 0 aliphatic carbocycles. The Morgan fingerprint density at radius 2 is 1.00 bits per heavy atom. The minimum Gasteiger partial charge on any atom is -0.354 e. The monoisotopic (exact) mass is 423 g/mol. The third-order valence-corrected chi connectivity index (χ3v) is 7.33. The topological polar surface area (TPSA) is 12.0 Å². The molecule has 2 aromatic carbocycles. The number of nitrogens with one attached hydrogen (secondary N) is 1. The van der Waals surface area contributed by atoms with E-state index in [-0.39, 0.29) is 0 Å². The standard InChI is InChI=1S/C28H41NS/c1-3-5-7-9-11-13-15-23-17-19-25-27(21-23)30-28-22-24(18-20-26(28)29-25)16-14-12-10-8-6-4-2/h17-22,29H,3-16H2,1-2H3. The van der Waals surface area contributed by atoms with Gasteiger partial charge in [-0.2, -0.15) is 0 Å². The average Bonchev–Trinajstić information content (AvgIpc) is 2.77. The summed E-state index contributed by atoms with van der Waals surface area (Å²) in [6.45, 7) is 4.57. The summed E-state index contributed by atoms with van der Waals surface area (Å²) in [5.41, 5.74) is 5.51. The van der Waals surface area contributed by atoms with Gasteiger partial charge in [0.2, 0.25) is 0 Å². The predicted octanol–water partition coefficient (Wildman–Crippen LogP) is 9.70. The van der Waals surface area contributed by atoms with E-state index in [1.165, 1.54) is 122 Å². The fraction of sp³-hybridized carbons (Fsp3) is 0.571. The van der Waals surface area contributed by atoms with Crippen molar-refractivity contribution in [3.63, 3.8) is 0 Å². The van der Waals surface area contributed by atoms with Crippen LogP contribution in [0.3, 0.4) is 0 Å². The molecular formula is C28H41NS. The van der Waals surface area contributed by atoms with Gasteiger partial charge in [-0.3, -0.25) is 0 Å². The van der Waals surface area contributed by atoms with Gasteiger partial charge in [-0.15, -0.1) is 0 Å². The first kappa shape index (κ1) is 23.3. The number of hydrogen-bond donors (Lipinski definition) is 1. The van der Waals surface area contributed by atoms with Gasteiger partial charge in [0, 0.05) is 9.79 Å². The highest BCUT2D eigenvalue weighted by molar-refractivity contribution is 7.99. The normalized spacial score (nSPS) is 12.3. The molecule has 1 aliphatic rings. The number of fused-ring (bicyclic) bond motifs is 2. The fourth-order valence-corrected chi connectivity index (χ4v) is 5.42. The van der Waals surface area contributed by atoms with Crippen LogP contribution in [0, 0.1) is 0 Å². The molecule has 0 spiro atoms. The molecule has 1 heterocycles. The molecule has 0 radical (unpaired) electrons. The lowest BCUT2D eigenvalue weighted by Crippen LogP contribution is -2.01. The number of benzene rings is 2. The van der Waals surface area contributed by atoms with E-state index in [2.05, 4.69) is 55.6 Å². The van der Waals surface area contributed by atoms with Gasteiger partial charge in [-0.1, -0.05) is 102 Å². The van der Waals surface area contributed by atoms with Crippen LogP contribution in [-0.2, 0) is 12.8 Å². The lowest BCUT2D eigenvalue weighted by atomic mass is 10.0. The largest absolute Gasteiger partial charge is 0.354 e. The summed E-state index contributed by atoms with van der Waals surface area (Å²) in [4.78, 5) is 2.78. The molecule has 0 saturated heterocycles. The predicted molar refractivity (Wildman–Crippen MR) is 134 cm³/mol. The van der Waals surface area contributed by atoms with Crippen molar-refractivity contribution >= 4 is 23.1 Å². The van der Waals surface area contributed by atoms with E-state index in [1.54, 1.807) is 0 Å². The molecule has 0 aromatic heterocycles. The van der Waals surface area contributed by atoms with E-state index in [0.29, 0.717) is 0 Å². The van der Waals surface area contributed by atoms with Crippen molar-refractivity contribution in [2.24, 2.45) is 0 Å². The van der Waals surface area contributed by atoms with E-state index in [4.69, 9.17) is 0 Å². The number of aryl methyl sites for hydroxylation is 2. The zero-order chi connectivity index (χ0) is 21.0. The summed E-state index contributed by atoms with van der Waals surface area (Å²) in [7, 11) is 0. The van der Waals surface area contributed by atoms with Crippen molar-refractivity contribution in [2.45, 2.75) is 114 Å². The Morgan fingerprint density at radius 1 is 0.567 bits per heavy atom. The smallest absolute Gasteiger partial charge is 0.0526 e. The zero-order valence-electron chi connectivity index (χ0n) is 19.3. The first-order chi connectivity index (χ1) is 14.8. The second kappa shape index (κ2) is 13.1. The third-order valence-electron chi connectivity index (χ3n) is 6.22. The molecule has 0 saturated carbocycles. The highest BCUT2D eigenvalue weighted by Crippen LogP contribution is 2.45. The molecule has 1 nitrogen and oxygen atoms in total. The van der Waals surface area contributed by atoms with Crippen LogP contribution in [0.5, 0.6) is 0 Å². The van der Waals surface area contributed by atoms with Gasteiger partial charge in [0.15, 0.2) is 0 Å². The molecule has 0 amide bonds. The van der Waals surface area contributed by atoms with Gasteiger partial charge in [-0.05, 0) is 61.1 Å². The van der Waals surface area contributed by atoms with E-state index in [0.717, 1.165) is 0 Å². The van der Waals surface area contributed by atoms with Crippen LogP contribution in [-0.4, -0.2) is 0 Å². The van der Waals surface area contributed by atoms with Crippen molar-refractivity contribution < 1.29 is 0 Å². The third kappa shape index (κ3) is 7.38. The minimum atomic E-state index is 1.21. The van der Waals surface area contributed by atoms with E-state index in [9.17, 15) is 0 Å². The summed E-state index contributed by atoms with van der Waals surface area (Å²) in [5, 5.41) is 3.65. The van der Waals surface area contributed by atoms with E-state index < -0.39 is 0 Å². The Kier molecular flexibility index (Phi) is 10.2. The Hall–Kier alpha value is -1.41. The van der Waals surface area contributed by atoms with Gasteiger partial charge >= 0.3 is 0 Å². The molecule has 2 heteroatoms. The van der Waals surface area contributed by atoms with Gasteiger partial charge in [0.05, 0.1) is 11.4 Å². The van der Waals surface area contributed by atoms with Crippen LogP contribution in [0.1, 0.15) is 102 Å². The molecule has 0 unspecified atom stereocenters. The Bertz CT molecular complexity index is 704. The zero-order valence-corrected chi connectivity index (χ0v) is 20.1. The molecule has 164 valence electrons. The Labute approximate surface area is 189 Å². The van der Waals surface area contributed by atoms with Crippen LogP contribution < -0.4 is 5.32 Å². The van der Waals surface area contributed by atoms with Crippen molar-refractivity contribution in [2.75, 3.05) is 5.32 Å². The second-order valence-corrected chi connectivity index (χ2v) is 10.0. The Balaban J connectivity index is 1.49. The highest BCUT2D eigenvalue weighted by atomic mass is 32.2. The van der Waals surface area contributed by atoms with E-state index in [1.807, 2.05) is 11.8 Å². The van der Waals surface area contributed by atoms with Crippen molar-refractivity contribution in [1.82, 2.24) is 0 Å². The quantitative estimate of drug-likeness (QED) is 0.259. The van der Waals surface area contributed by atoms with Crippen molar-refractivity contribution in [1.29, 1.82) is 0 Å². The van der Waals surface area contributed by atoms with Crippen LogP contribution >= 0.6 is 11.8 Å². The fourth-order valence-electron chi connectivity index (χ4n) is 4.30. The van der Waals surface area contributed by atoms with Crippen LogP contribution in [0.25, 0.3) is 0 Å². The first-order valence-corrected chi connectivity index (χ1v) is 13.3. The molecule has 3 rings (SSSR count). The maximum Gasteiger partial charge on any atom is 0.0526 e. The molecular weight excluding hydrogens is 382 g/mol. The summed E-state index contributed by atoms with van der Waals surface area (Å²) >= 11 is 1.95. The summed E-state index contributed by atoms with van der Waals surface area (Å²) in [5.74, 6) is 0.